The number of aromatic nitrogens is 2. The van der Waals surface area contributed by atoms with Gasteiger partial charge in [0, 0.05) is 5.69 Å². The van der Waals surface area contributed by atoms with Crippen LogP contribution in [0.4, 0.5) is 5.69 Å². The molecule has 0 amide bonds. The molecule has 0 aliphatic heterocycles. The van der Waals surface area contributed by atoms with Crippen LogP contribution < -0.4 is 11.1 Å². The first-order valence-corrected chi connectivity index (χ1v) is 8.00. The quantitative estimate of drug-likeness (QED) is 0.497. The molecule has 0 saturated heterocycles. The average molecular weight is 319 g/mol. The number of aryl methyl sites for hydroxylation is 1. The first kappa shape index (κ1) is 15.8. The first-order valence-electron chi connectivity index (χ1n) is 8.00. The first-order chi connectivity index (χ1) is 11.7. The minimum atomic E-state index is 0.376. The monoisotopic (exact) mass is 319 g/mol. The Morgan fingerprint density at radius 3 is 2.79 bits per heavy atom. The van der Waals surface area contributed by atoms with Gasteiger partial charge in [-0.15, -0.1) is 0 Å². The van der Waals surface area contributed by atoms with Crippen molar-refractivity contribution < 1.29 is 0 Å². The van der Waals surface area contributed by atoms with Crippen molar-refractivity contribution >= 4 is 11.6 Å². The molecule has 0 fully saturated rings. The molecule has 0 spiro atoms. The number of rotatable bonds is 5. The zero-order chi connectivity index (χ0) is 16.8. The van der Waals surface area contributed by atoms with E-state index in [1.165, 1.54) is 5.56 Å². The molecule has 0 aliphatic rings. The molecule has 5 nitrogen and oxygen atoms in total. The predicted octanol–water partition coefficient (Wildman–Crippen LogP) is 3.57. The molecular weight excluding hydrogens is 298 g/mol. The van der Waals surface area contributed by atoms with Crippen molar-refractivity contribution in [3.63, 3.8) is 0 Å². The number of aromatic amines is 1. The van der Waals surface area contributed by atoms with Crippen LogP contribution in [0.1, 0.15) is 18.3 Å². The van der Waals surface area contributed by atoms with E-state index in [4.69, 9.17) is 5.73 Å². The third-order valence-corrected chi connectivity index (χ3v) is 3.72. The maximum absolute atomic E-state index is 5.96. The summed E-state index contributed by atoms with van der Waals surface area (Å²) in [6, 6.07) is 18.2. The van der Waals surface area contributed by atoms with Gasteiger partial charge < -0.3 is 16.0 Å². The van der Waals surface area contributed by atoms with E-state index in [2.05, 4.69) is 39.3 Å². The van der Waals surface area contributed by atoms with Gasteiger partial charge in [0.1, 0.15) is 12.4 Å². The van der Waals surface area contributed by atoms with Crippen LogP contribution in [0, 0.1) is 0 Å². The van der Waals surface area contributed by atoms with Crippen molar-refractivity contribution in [1.29, 1.82) is 0 Å². The van der Waals surface area contributed by atoms with Crippen LogP contribution in [0.3, 0.4) is 0 Å². The maximum Gasteiger partial charge on any atom is 0.193 e. The largest absolute Gasteiger partial charge is 0.370 e. The lowest BCUT2D eigenvalue weighted by Crippen LogP contribution is -2.22. The molecule has 0 bridgehead atoms. The van der Waals surface area contributed by atoms with E-state index < -0.39 is 0 Å². The molecule has 0 atom stereocenters. The van der Waals surface area contributed by atoms with Gasteiger partial charge in [-0.05, 0) is 29.7 Å². The SMILES string of the molecule is CCc1cccc(NC(N)=NCc2ncc(-c3ccccc3)[nH]2)c1. The summed E-state index contributed by atoms with van der Waals surface area (Å²) in [5.74, 6) is 1.15. The van der Waals surface area contributed by atoms with Crippen molar-refractivity contribution in [1.82, 2.24) is 9.97 Å². The number of nitrogens with two attached hydrogens (primary N) is 1. The Morgan fingerprint density at radius 1 is 1.17 bits per heavy atom. The van der Waals surface area contributed by atoms with Gasteiger partial charge in [0.15, 0.2) is 5.96 Å². The van der Waals surface area contributed by atoms with Crippen LogP contribution in [0.15, 0.2) is 65.8 Å². The molecular formula is C19H21N5. The number of nitrogens with zero attached hydrogens (tertiary/aromatic N) is 2. The summed E-state index contributed by atoms with van der Waals surface area (Å²) in [4.78, 5) is 12.0. The van der Waals surface area contributed by atoms with E-state index in [0.29, 0.717) is 12.5 Å². The molecule has 3 aromatic rings. The summed E-state index contributed by atoms with van der Waals surface area (Å²) in [5, 5.41) is 3.11. The Morgan fingerprint density at radius 2 is 2.00 bits per heavy atom. The highest BCUT2D eigenvalue weighted by atomic mass is 15.1. The second-order valence-corrected chi connectivity index (χ2v) is 5.49. The highest BCUT2D eigenvalue weighted by molar-refractivity contribution is 5.92. The van der Waals surface area contributed by atoms with Crippen LogP contribution in [0.5, 0.6) is 0 Å². The van der Waals surface area contributed by atoms with Crippen LogP contribution in [0.2, 0.25) is 0 Å². The molecule has 4 N–H and O–H groups in total. The Hall–Kier alpha value is -3.08. The minimum Gasteiger partial charge on any atom is -0.370 e. The van der Waals surface area contributed by atoms with Crippen molar-refractivity contribution in [2.75, 3.05) is 5.32 Å². The molecule has 122 valence electrons. The van der Waals surface area contributed by atoms with E-state index in [-0.39, 0.29) is 0 Å². The zero-order valence-corrected chi connectivity index (χ0v) is 13.7. The molecule has 0 unspecified atom stereocenters. The second-order valence-electron chi connectivity index (χ2n) is 5.49. The topological polar surface area (TPSA) is 79.1 Å². The number of guanidine groups is 1. The lowest BCUT2D eigenvalue weighted by atomic mass is 10.1. The molecule has 3 rings (SSSR count). The number of H-pyrrole nitrogens is 1. The van der Waals surface area contributed by atoms with Gasteiger partial charge in [0.25, 0.3) is 0 Å². The Balaban J connectivity index is 1.64. The molecule has 0 saturated carbocycles. The van der Waals surface area contributed by atoms with Crippen molar-refractivity contribution in [3.05, 3.63) is 72.2 Å². The maximum atomic E-state index is 5.96. The van der Waals surface area contributed by atoms with Crippen molar-refractivity contribution in [2.45, 2.75) is 19.9 Å². The fraction of sp³-hybridized carbons (Fsp3) is 0.158. The number of hydrogen-bond acceptors (Lipinski definition) is 2. The Bertz CT molecular complexity index is 821. The third kappa shape index (κ3) is 4.01. The van der Waals surface area contributed by atoms with Crippen molar-refractivity contribution in [2.24, 2.45) is 10.7 Å². The van der Waals surface area contributed by atoms with Crippen LogP contribution >= 0.6 is 0 Å². The average Bonchev–Trinajstić information content (AvgIpc) is 3.10. The standard InChI is InChI=1S/C19H21N5/c1-2-14-7-6-10-16(11-14)23-19(20)22-13-18-21-12-17(24-18)15-8-4-3-5-9-15/h3-12H,2,13H2,1H3,(H,21,24)(H3,20,22,23). The van der Waals surface area contributed by atoms with Crippen LogP contribution in [0.25, 0.3) is 11.3 Å². The number of hydrogen-bond donors (Lipinski definition) is 3. The summed E-state index contributed by atoms with van der Waals surface area (Å²) in [6.45, 7) is 2.52. The third-order valence-electron chi connectivity index (χ3n) is 3.72. The highest BCUT2D eigenvalue weighted by Gasteiger charge is 2.03. The molecule has 5 heteroatoms. The van der Waals surface area contributed by atoms with Crippen LogP contribution in [-0.2, 0) is 13.0 Å². The van der Waals surface area contributed by atoms with Gasteiger partial charge >= 0.3 is 0 Å². The number of anilines is 1. The summed E-state index contributed by atoms with van der Waals surface area (Å²) in [7, 11) is 0. The van der Waals surface area contributed by atoms with Gasteiger partial charge in [0.2, 0.25) is 0 Å². The second kappa shape index (κ2) is 7.46. The van der Waals surface area contributed by atoms with E-state index in [1.54, 1.807) is 0 Å². The lowest BCUT2D eigenvalue weighted by Gasteiger charge is -2.06. The van der Waals surface area contributed by atoms with E-state index in [9.17, 15) is 0 Å². The number of nitrogens with one attached hydrogen (secondary N) is 2. The molecule has 2 aromatic carbocycles. The molecule has 24 heavy (non-hydrogen) atoms. The van der Waals surface area contributed by atoms with Gasteiger partial charge in [-0.25, -0.2) is 9.98 Å². The van der Waals surface area contributed by atoms with E-state index >= 15 is 0 Å². The van der Waals surface area contributed by atoms with Gasteiger partial charge in [-0.3, -0.25) is 0 Å². The molecule has 1 heterocycles. The number of aliphatic imine (C=N–C) groups is 1. The normalized spacial score (nSPS) is 11.5. The smallest absolute Gasteiger partial charge is 0.193 e. The summed E-state index contributed by atoms with van der Waals surface area (Å²) in [6.07, 6.45) is 2.80. The molecule has 0 aliphatic carbocycles. The van der Waals surface area contributed by atoms with Crippen LogP contribution in [-0.4, -0.2) is 15.9 Å². The highest BCUT2D eigenvalue weighted by Crippen LogP contribution is 2.16. The minimum absolute atomic E-state index is 0.376. The number of benzene rings is 2. The summed E-state index contributed by atoms with van der Waals surface area (Å²) >= 11 is 0. The predicted molar refractivity (Wildman–Crippen MR) is 98.8 cm³/mol. The lowest BCUT2D eigenvalue weighted by molar-refractivity contribution is 0.947. The summed E-state index contributed by atoms with van der Waals surface area (Å²) < 4.78 is 0. The fourth-order valence-electron chi connectivity index (χ4n) is 2.42. The van der Waals surface area contributed by atoms with Gasteiger partial charge in [-0.1, -0.05) is 49.4 Å². The summed E-state index contributed by atoms with van der Waals surface area (Å²) in [5.41, 5.74) is 10.2. The van der Waals surface area contributed by atoms with Gasteiger partial charge in [-0.2, -0.15) is 0 Å². The fourth-order valence-corrected chi connectivity index (χ4v) is 2.42. The molecule has 1 aromatic heterocycles. The number of imidazole rings is 1. The Kier molecular flexibility index (Phi) is 4.91. The van der Waals surface area contributed by atoms with E-state index in [1.807, 2.05) is 48.7 Å². The molecule has 0 radical (unpaired) electrons. The van der Waals surface area contributed by atoms with Crippen molar-refractivity contribution in [3.8, 4) is 11.3 Å². The zero-order valence-electron chi connectivity index (χ0n) is 13.7. The Labute approximate surface area is 141 Å². The van der Waals surface area contributed by atoms with Gasteiger partial charge in [0.05, 0.1) is 11.9 Å². The van der Waals surface area contributed by atoms with E-state index in [0.717, 1.165) is 29.2 Å².